The molecule has 0 atom stereocenters. The number of hydrogen-bond acceptors (Lipinski definition) is 3. The van der Waals surface area contributed by atoms with Crippen molar-refractivity contribution in [3.63, 3.8) is 0 Å². The van der Waals surface area contributed by atoms with Crippen molar-refractivity contribution in [1.29, 1.82) is 0 Å². The van der Waals surface area contributed by atoms with Crippen molar-refractivity contribution in [3.8, 4) is 5.75 Å². The number of anilines is 1. The van der Waals surface area contributed by atoms with Gasteiger partial charge in [0.2, 0.25) is 0 Å². The van der Waals surface area contributed by atoms with Crippen LogP contribution < -0.4 is 4.90 Å². The average molecular weight is 490 g/mol. The summed E-state index contributed by atoms with van der Waals surface area (Å²) >= 11 is 0. The first-order valence-corrected chi connectivity index (χ1v) is 14.3. The van der Waals surface area contributed by atoms with Crippen molar-refractivity contribution in [2.24, 2.45) is 0 Å². The molecule has 0 aliphatic heterocycles. The van der Waals surface area contributed by atoms with Crippen LogP contribution in [0.15, 0.2) is 12.1 Å². The molecule has 1 aromatic rings. The summed E-state index contributed by atoms with van der Waals surface area (Å²) in [5.74, 6) is 0.341. The molecule has 4 heteroatoms. The number of aromatic hydroxyl groups is 1. The number of amides is 1. The molecular formula is C31H55NO3. The molecule has 35 heavy (non-hydrogen) atoms. The first-order chi connectivity index (χ1) is 16.4. The topological polar surface area (TPSA) is 49.8 Å². The predicted molar refractivity (Wildman–Crippen MR) is 151 cm³/mol. The Labute approximate surface area is 216 Å². The molecule has 0 aliphatic rings. The standard InChI is InChI=1S/C31H55NO3/c1-9-11-13-15-17-19-21-32(29(34)35-22-20-18-16-14-12-10-2)25-23-26(30(3,4)5)28(33)27(24-25)31(6,7)8/h23-24,33H,9-22H2,1-8H3. The molecule has 0 unspecified atom stereocenters. The summed E-state index contributed by atoms with van der Waals surface area (Å²) in [6.45, 7) is 18.2. The molecule has 0 saturated heterocycles. The third-order valence-corrected chi connectivity index (χ3v) is 6.70. The van der Waals surface area contributed by atoms with E-state index in [1.807, 2.05) is 12.1 Å². The fourth-order valence-corrected chi connectivity index (χ4v) is 4.41. The first kappa shape index (κ1) is 31.3. The zero-order chi connectivity index (χ0) is 26.5. The minimum absolute atomic E-state index is 0.242. The summed E-state index contributed by atoms with van der Waals surface area (Å²) in [4.78, 5) is 15.1. The van der Waals surface area contributed by atoms with Gasteiger partial charge in [-0.25, -0.2) is 4.79 Å². The number of hydrogen-bond donors (Lipinski definition) is 1. The summed E-state index contributed by atoms with van der Waals surface area (Å²) in [6.07, 6.45) is 13.7. The van der Waals surface area contributed by atoms with Gasteiger partial charge in [0.05, 0.1) is 6.61 Å². The third-order valence-electron chi connectivity index (χ3n) is 6.70. The smallest absolute Gasteiger partial charge is 0.414 e. The van der Waals surface area contributed by atoms with Crippen molar-refractivity contribution < 1.29 is 14.6 Å². The molecule has 4 nitrogen and oxygen atoms in total. The molecule has 0 radical (unpaired) electrons. The van der Waals surface area contributed by atoms with E-state index >= 15 is 0 Å². The maximum absolute atomic E-state index is 13.3. The second-order valence-corrected chi connectivity index (χ2v) is 12.2. The van der Waals surface area contributed by atoms with Crippen LogP contribution in [0.4, 0.5) is 10.5 Å². The second kappa shape index (κ2) is 15.4. The van der Waals surface area contributed by atoms with Crippen LogP contribution in [-0.4, -0.2) is 24.4 Å². The fourth-order valence-electron chi connectivity index (χ4n) is 4.41. The van der Waals surface area contributed by atoms with Crippen molar-refractivity contribution in [2.45, 2.75) is 143 Å². The third kappa shape index (κ3) is 11.3. The van der Waals surface area contributed by atoms with Gasteiger partial charge < -0.3 is 9.84 Å². The number of nitrogens with zero attached hydrogens (tertiary/aromatic N) is 1. The fraction of sp³-hybridized carbons (Fsp3) is 0.774. The highest BCUT2D eigenvalue weighted by molar-refractivity contribution is 5.88. The number of carbonyl (C=O) groups excluding carboxylic acids is 1. The van der Waals surface area contributed by atoms with Crippen LogP contribution in [-0.2, 0) is 15.6 Å². The lowest BCUT2D eigenvalue weighted by Crippen LogP contribution is -2.33. The zero-order valence-corrected chi connectivity index (χ0v) is 24.3. The van der Waals surface area contributed by atoms with Gasteiger partial charge in [-0.05, 0) is 35.8 Å². The molecule has 1 amide bonds. The van der Waals surface area contributed by atoms with E-state index in [9.17, 15) is 9.90 Å². The molecule has 1 N–H and O–H groups in total. The number of benzene rings is 1. The lowest BCUT2D eigenvalue weighted by molar-refractivity contribution is 0.151. The van der Waals surface area contributed by atoms with E-state index in [1.165, 1.54) is 51.4 Å². The number of phenols is 1. The molecule has 0 aromatic heterocycles. The van der Waals surface area contributed by atoms with Crippen LogP contribution in [0, 0.1) is 0 Å². The molecule has 0 heterocycles. The van der Waals surface area contributed by atoms with Crippen LogP contribution in [0.2, 0.25) is 0 Å². The van der Waals surface area contributed by atoms with Crippen LogP contribution in [0.25, 0.3) is 0 Å². The van der Waals surface area contributed by atoms with E-state index in [0.717, 1.165) is 42.5 Å². The van der Waals surface area contributed by atoms with Gasteiger partial charge in [-0.3, -0.25) is 4.90 Å². The molecule has 0 spiro atoms. The molecule has 0 aliphatic carbocycles. The Morgan fingerprint density at radius 2 is 1.17 bits per heavy atom. The van der Waals surface area contributed by atoms with Crippen molar-refractivity contribution in [1.82, 2.24) is 0 Å². The van der Waals surface area contributed by atoms with Crippen LogP contribution >= 0.6 is 0 Å². The van der Waals surface area contributed by atoms with Crippen LogP contribution in [0.5, 0.6) is 5.75 Å². The quantitative estimate of drug-likeness (QED) is 0.249. The van der Waals surface area contributed by atoms with Gasteiger partial charge >= 0.3 is 6.09 Å². The maximum atomic E-state index is 13.3. The molecule has 202 valence electrons. The maximum Gasteiger partial charge on any atom is 0.414 e. The molecule has 0 saturated carbocycles. The molecule has 1 aromatic carbocycles. The van der Waals surface area contributed by atoms with E-state index < -0.39 is 0 Å². The normalized spacial score (nSPS) is 12.1. The minimum Gasteiger partial charge on any atom is -0.507 e. The summed E-state index contributed by atoms with van der Waals surface area (Å²) in [6, 6.07) is 3.99. The van der Waals surface area contributed by atoms with E-state index in [2.05, 4.69) is 55.4 Å². The first-order valence-electron chi connectivity index (χ1n) is 14.3. The predicted octanol–water partition coefficient (Wildman–Crippen LogP) is 9.65. The van der Waals surface area contributed by atoms with Gasteiger partial charge in [0.1, 0.15) is 5.75 Å². The van der Waals surface area contributed by atoms with Crippen molar-refractivity contribution in [2.75, 3.05) is 18.1 Å². The van der Waals surface area contributed by atoms with Gasteiger partial charge in [-0.2, -0.15) is 0 Å². The summed E-state index contributed by atoms with van der Waals surface area (Å²) < 4.78 is 5.77. The van der Waals surface area contributed by atoms with E-state index in [-0.39, 0.29) is 16.9 Å². The Morgan fingerprint density at radius 1 is 0.743 bits per heavy atom. The molecular weight excluding hydrogens is 434 g/mol. The van der Waals surface area contributed by atoms with Crippen LogP contribution in [0.1, 0.15) is 144 Å². The number of carbonyl (C=O) groups is 1. The van der Waals surface area contributed by atoms with Crippen LogP contribution in [0.3, 0.4) is 0 Å². The zero-order valence-electron chi connectivity index (χ0n) is 24.3. The molecule has 1 rings (SSSR count). The number of rotatable bonds is 15. The SMILES string of the molecule is CCCCCCCCOC(=O)N(CCCCCCCC)c1cc(C(C)(C)C)c(O)c(C(C)(C)C)c1. The lowest BCUT2D eigenvalue weighted by atomic mass is 9.79. The Balaban J connectivity index is 3.09. The highest BCUT2D eigenvalue weighted by atomic mass is 16.6. The van der Waals surface area contributed by atoms with Crippen molar-refractivity contribution >= 4 is 11.8 Å². The summed E-state index contributed by atoms with van der Waals surface area (Å²) in [7, 11) is 0. The average Bonchev–Trinajstić information content (AvgIpc) is 2.76. The Hall–Kier alpha value is -1.71. The highest BCUT2D eigenvalue weighted by Crippen LogP contribution is 2.42. The van der Waals surface area contributed by atoms with Gasteiger partial charge in [0, 0.05) is 23.4 Å². The van der Waals surface area contributed by atoms with Gasteiger partial charge in [0.15, 0.2) is 0 Å². The minimum atomic E-state index is -0.266. The van der Waals surface area contributed by atoms with Gasteiger partial charge in [-0.1, -0.05) is 120 Å². The van der Waals surface area contributed by atoms with Gasteiger partial charge in [-0.15, -0.1) is 0 Å². The summed E-state index contributed by atoms with van der Waals surface area (Å²) in [5, 5.41) is 11.1. The van der Waals surface area contributed by atoms with E-state index in [0.29, 0.717) is 18.9 Å². The second-order valence-electron chi connectivity index (χ2n) is 12.2. The Kier molecular flexibility index (Phi) is 13.8. The Bertz CT molecular complexity index is 708. The lowest BCUT2D eigenvalue weighted by Gasteiger charge is -2.31. The number of unbranched alkanes of at least 4 members (excludes halogenated alkanes) is 10. The number of phenolic OH excluding ortho intramolecular Hbond substituents is 1. The van der Waals surface area contributed by atoms with E-state index in [4.69, 9.17) is 4.74 Å². The van der Waals surface area contributed by atoms with Gasteiger partial charge in [0.25, 0.3) is 0 Å². The monoisotopic (exact) mass is 489 g/mol. The van der Waals surface area contributed by atoms with Crippen molar-refractivity contribution in [3.05, 3.63) is 23.3 Å². The molecule has 0 fully saturated rings. The summed E-state index contributed by atoms with van der Waals surface area (Å²) in [5.41, 5.74) is 2.09. The Morgan fingerprint density at radius 3 is 1.63 bits per heavy atom. The largest absolute Gasteiger partial charge is 0.507 e. The molecule has 0 bridgehead atoms. The highest BCUT2D eigenvalue weighted by Gasteiger charge is 2.29. The van der Waals surface area contributed by atoms with E-state index in [1.54, 1.807) is 4.90 Å². The number of ether oxygens (including phenoxy) is 1.